The molecule has 2 N–H and O–H groups in total. The van der Waals surface area contributed by atoms with E-state index >= 15 is 0 Å². The predicted molar refractivity (Wildman–Crippen MR) is 62.5 cm³/mol. The molecule has 0 bridgehead atoms. The van der Waals surface area contributed by atoms with Crippen molar-refractivity contribution in [2.24, 2.45) is 5.92 Å². The average molecular weight is 224 g/mol. The van der Waals surface area contributed by atoms with Crippen molar-refractivity contribution in [3.63, 3.8) is 0 Å². The van der Waals surface area contributed by atoms with Crippen LogP contribution in [-0.4, -0.2) is 11.5 Å². The van der Waals surface area contributed by atoms with Gasteiger partial charge in [0.15, 0.2) is 0 Å². The topological polar surface area (TPSA) is 78.4 Å². The van der Waals surface area contributed by atoms with E-state index in [2.05, 4.69) is 13.8 Å². The van der Waals surface area contributed by atoms with E-state index in [1.54, 1.807) is 0 Å². The molecule has 0 atom stereocenters. The van der Waals surface area contributed by atoms with Gasteiger partial charge in [-0.2, -0.15) is 0 Å². The van der Waals surface area contributed by atoms with Crippen molar-refractivity contribution in [3.05, 3.63) is 28.3 Å². The molecule has 0 aromatic heterocycles. The molecule has 5 nitrogen and oxygen atoms in total. The van der Waals surface area contributed by atoms with Gasteiger partial charge in [-0.05, 0) is 18.4 Å². The van der Waals surface area contributed by atoms with Crippen molar-refractivity contribution in [1.82, 2.24) is 0 Å². The lowest BCUT2D eigenvalue weighted by molar-refractivity contribution is -0.384. The van der Waals surface area contributed by atoms with Gasteiger partial charge in [0, 0.05) is 12.1 Å². The Bertz CT molecular complexity index is 377. The molecule has 0 radical (unpaired) electrons. The number of nitrogens with zero attached hydrogens (tertiary/aromatic N) is 1. The molecular weight excluding hydrogens is 208 g/mol. The van der Waals surface area contributed by atoms with Crippen LogP contribution < -0.4 is 10.5 Å². The Kier molecular flexibility index (Phi) is 4.10. The number of non-ortho nitro benzene ring substituents is 1. The average Bonchev–Trinajstić information content (AvgIpc) is 2.19. The van der Waals surface area contributed by atoms with Crippen molar-refractivity contribution in [1.29, 1.82) is 0 Å². The van der Waals surface area contributed by atoms with Crippen LogP contribution >= 0.6 is 0 Å². The number of hydrogen-bond acceptors (Lipinski definition) is 4. The Balaban J connectivity index is 2.64. The van der Waals surface area contributed by atoms with Gasteiger partial charge in [-0.15, -0.1) is 0 Å². The number of rotatable bonds is 5. The smallest absolute Gasteiger partial charge is 0.271 e. The first-order valence-electron chi connectivity index (χ1n) is 5.17. The third-order valence-electron chi connectivity index (χ3n) is 2.16. The largest absolute Gasteiger partial charge is 0.491 e. The minimum atomic E-state index is -0.478. The van der Waals surface area contributed by atoms with E-state index < -0.39 is 4.92 Å². The van der Waals surface area contributed by atoms with Gasteiger partial charge in [-0.3, -0.25) is 10.1 Å². The quantitative estimate of drug-likeness (QED) is 0.473. The van der Waals surface area contributed by atoms with E-state index in [4.69, 9.17) is 10.5 Å². The summed E-state index contributed by atoms with van der Waals surface area (Å²) in [6.07, 6.45) is 0.927. The molecule has 0 saturated carbocycles. The molecule has 1 aromatic carbocycles. The SMILES string of the molecule is CC(C)CCOc1ccc([N+](=O)[O-])cc1N. The normalized spacial score (nSPS) is 10.4. The van der Waals surface area contributed by atoms with Gasteiger partial charge in [0.2, 0.25) is 0 Å². The lowest BCUT2D eigenvalue weighted by Gasteiger charge is -2.09. The van der Waals surface area contributed by atoms with E-state index in [0.29, 0.717) is 24.0 Å². The summed E-state index contributed by atoms with van der Waals surface area (Å²) in [5, 5.41) is 10.5. The van der Waals surface area contributed by atoms with Crippen LogP contribution in [0.3, 0.4) is 0 Å². The highest BCUT2D eigenvalue weighted by Crippen LogP contribution is 2.26. The Morgan fingerprint density at radius 1 is 1.50 bits per heavy atom. The summed E-state index contributed by atoms with van der Waals surface area (Å²) < 4.78 is 5.43. The first kappa shape index (κ1) is 12.3. The number of nitrogen functional groups attached to an aromatic ring is 1. The molecule has 1 rings (SSSR count). The summed E-state index contributed by atoms with van der Waals surface area (Å²) >= 11 is 0. The Labute approximate surface area is 94.4 Å². The van der Waals surface area contributed by atoms with Crippen molar-refractivity contribution < 1.29 is 9.66 Å². The molecule has 0 amide bonds. The third-order valence-corrected chi connectivity index (χ3v) is 2.16. The summed E-state index contributed by atoms with van der Waals surface area (Å²) in [4.78, 5) is 10.00. The molecule has 5 heteroatoms. The van der Waals surface area contributed by atoms with Gasteiger partial charge in [-0.25, -0.2) is 0 Å². The lowest BCUT2D eigenvalue weighted by Crippen LogP contribution is -2.03. The standard InChI is InChI=1S/C11H16N2O3/c1-8(2)5-6-16-11-4-3-9(13(14)15)7-10(11)12/h3-4,7-8H,5-6,12H2,1-2H3. The Hall–Kier alpha value is -1.78. The van der Waals surface area contributed by atoms with Crippen molar-refractivity contribution >= 4 is 11.4 Å². The first-order chi connectivity index (χ1) is 7.50. The highest BCUT2D eigenvalue weighted by molar-refractivity contribution is 5.58. The van der Waals surface area contributed by atoms with Crippen LogP contribution in [0.2, 0.25) is 0 Å². The van der Waals surface area contributed by atoms with E-state index in [-0.39, 0.29) is 5.69 Å². The van der Waals surface area contributed by atoms with Crippen LogP contribution in [-0.2, 0) is 0 Å². The predicted octanol–water partition coefficient (Wildman–Crippen LogP) is 2.60. The highest BCUT2D eigenvalue weighted by atomic mass is 16.6. The number of ether oxygens (including phenoxy) is 1. The van der Waals surface area contributed by atoms with Crippen LogP contribution in [0.15, 0.2) is 18.2 Å². The Morgan fingerprint density at radius 2 is 2.19 bits per heavy atom. The maximum atomic E-state index is 10.5. The van der Waals surface area contributed by atoms with E-state index in [0.717, 1.165) is 6.42 Å². The molecule has 0 fully saturated rings. The molecule has 0 saturated heterocycles. The van der Waals surface area contributed by atoms with E-state index in [1.807, 2.05) is 0 Å². The third kappa shape index (κ3) is 3.42. The molecule has 0 spiro atoms. The fourth-order valence-electron chi connectivity index (χ4n) is 1.19. The zero-order valence-corrected chi connectivity index (χ0v) is 9.47. The Morgan fingerprint density at radius 3 is 2.69 bits per heavy atom. The molecule has 1 aromatic rings. The molecule has 0 aliphatic heterocycles. The van der Waals surface area contributed by atoms with Crippen LogP contribution in [0.1, 0.15) is 20.3 Å². The van der Waals surface area contributed by atoms with Crippen LogP contribution in [0.4, 0.5) is 11.4 Å². The van der Waals surface area contributed by atoms with E-state index in [1.165, 1.54) is 18.2 Å². The van der Waals surface area contributed by atoms with Crippen molar-refractivity contribution in [3.8, 4) is 5.75 Å². The molecule has 0 unspecified atom stereocenters. The second-order valence-corrected chi connectivity index (χ2v) is 4.01. The fourth-order valence-corrected chi connectivity index (χ4v) is 1.19. The minimum Gasteiger partial charge on any atom is -0.491 e. The molecule has 0 aliphatic carbocycles. The fraction of sp³-hybridized carbons (Fsp3) is 0.455. The van der Waals surface area contributed by atoms with Crippen molar-refractivity contribution in [2.75, 3.05) is 12.3 Å². The molecule has 16 heavy (non-hydrogen) atoms. The monoisotopic (exact) mass is 224 g/mol. The van der Waals surface area contributed by atoms with Crippen LogP contribution in [0, 0.1) is 16.0 Å². The number of benzene rings is 1. The molecular formula is C11H16N2O3. The summed E-state index contributed by atoms with van der Waals surface area (Å²) in [7, 11) is 0. The second-order valence-electron chi connectivity index (χ2n) is 4.01. The van der Waals surface area contributed by atoms with Crippen molar-refractivity contribution in [2.45, 2.75) is 20.3 Å². The van der Waals surface area contributed by atoms with Gasteiger partial charge >= 0.3 is 0 Å². The summed E-state index contributed by atoms with van der Waals surface area (Å²) in [5.74, 6) is 1.06. The number of nitro benzene ring substituents is 1. The molecule has 88 valence electrons. The summed E-state index contributed by atoms with van der Waals surface area (Å²) in [6.45, 7) is 4.77. The second kappa shape index (κ2) is 5.34. The first-order valence-corrected chi connectivity index (χ1v) is 5.17. The highest BCUT2D eigenvalue weighted by Gasteiger charge is 2.09. The van der Waals surface area contributed by atoms with Gasteiger partial charge in [0.1, 0.15) is 5.75 Å². The lowest BCUT2D eigenvalue weighted by atomic mass is 10.1. The van der Waals surface area contributed by atoms with E-state index in [9.17, 15) is 10.1 Å². The van der Waals surface area contributed by atoms with Gasteiger partial charge in [0.25, 0.3) is 5.69 Å². The van der Waals surface area contributed by atoms with Gasteiger partial charge in [-0.1, -0.05) is 13.8 Å². The summed E-state index contributed by atoms with van der Waals surface area (Å²) in [6, 6.07) is 4.24. The minimum absolute atomic E-state index is 0.0197. The summed E-state index contributed by atoms with van der Waals surface area (Å²) in [5.41, 5.74) is 5.93. The molecule has 0 heterocycles. The zero-order chi connectivity index (χ0) is 12.1. The maximum absolute atomic E-state index is 10.5. The maximum Gasteiger partial charge on any atom is 0.271 e. The number of anilines is 1. The van der Waals surface area contributed by atoms with Gasteiger partial charge in [0.05, 0.1) is 17.2 Å². The number of hydrogen-bond donors (Lipinski definition) is 1. The van der Waals surface area contributed by atoms with Crippen LogP contribution in [0.5, 0.6) is 5.75 Å². The number of nitro groups is 1. The number of nitrogens with two attached hydrogens (primary N) is 1. The van der Waals surface area contributed by atoms with Crippen LogP contribution in [0.25, 0.3) is 0 Å². The molecule has 0 aliphatic rings. The zero-order valence-electron chi connectivity index (χ0n) is 9.47. The van der Waals surface area contributed by atoms with Gasteiger partial charge < -0.3 is 10.5 Å².